The third kappa shape index (κ3) is 3.30. The van der Waals surface area contributed by atoms with Crippen molar-refractivity contribution in [1.29, 1.82) is 0 Å². The van der Waals surface area contributed by atoms with Crippen molar-refractivity contribution in [2.45, 2.75) is 13.0 Å². The van der Waals surface area contributed by atoms with Crippen LogP contribution in [0.3, 0.4) is 0 Å². The van der Waals surface area contributed by atoms with Crippen LogP contribution in [0.4, 0.5) is 5.69 Å². The maximum atomic E-state index is 12.4. The van der Waals surface area contributed by atoms with Gasteiger partial charge in [-0.05, 0) is 31.2 Å². The summed E-state index contributed by atoms with van der Waals surface area (Å²) in [6.45, 7) is 1.60. The van der Waals surface area contributed by atoms with Crippen LogP contribution in [0.5, 0.6) is 5.75 Å². The van der Waals surface area contributed by atoms with Gasteiger partial charge in [-0.2, -0.15) is 0 Å². The number of carbonyl (C=O) groups is 1. The number of nitrogens with one attached hydrogen (secondary N) is 1. The number of ether oxygens (including phenoxy) is 2. The smallest absolute Gasteiger partial charge is 0.355 e. The van der Waals surface area contributed by atoms with E-state index in [1.807, 2.05) is 6.07 Å². The normalized spacial score (nSPS) is 11.9. The van der Waals surface area contributed by atoms with Crippen molar-refractivity contribution in [3.8, 4) is 5.75 Å². The van der Waals surface area contributed by atoms with Crippen LogP contribution in [0.25, 0.3) is 10.9 Å². The maximum Gasteiger partial charge on any atom is 0.355 e. The van der Waals surface area contributed by atoms with Crippen molar-refractivity contribution in [3.05, 3.63) is 69.9 Å². The fourth-order valence-corrected chi connectivity index (χ4v) is 2.63. The Labute approximate surface area is 143 Å². The number of para-hydroxylation sites is 1. The molecule has 0 aliphatic heterocycles. The van der Waals surface area contributed by atoms with E-state index in [4.69, 9.17) is 9.47 Å². The molecule has 0 aliphatic rings. The number of methoxy groups -OCH3 is 1. The molecule has 2 aromatic carbocycles. The first-order valence-electron chi connectivity index (χ1n) is 7.60. The first-order chi connectivity index (χ1) is 12.0. The van der Waals surface area contributed by atoms with Crippen LogP contribution in [0.15, 0.2) is 48.5 Å². The number of benzene rings is 2. The Kier molecular flexibility index (Phi) is 4.38. The number of carbonyl (C=O) groups excluding carboxylic acids is 1. The number of nitro benzene ring substituents is 1. The Morgan fingerprint density at radius 1 is 1.20 bits per heavy atom. The van der Waals surface area contributed by atoms with Gasteiger partial charge in [0, 0.05) is 23.0 Å². The number of rotatable bonds is 5. The van der Waals surface area contributed by atoms with Crippen LogP contribution in [-0.2, 0) is 4.74 Å². The molecule has 0 saturated carbocycles. The summed E-state index contributed by atoms with van der Waals surface area (Å²) in [7, 11) is 1.56. The predicted octanol–water partition coefficient (Wildman–Crippen LogP) is 4.00. The fraction of sp³-hybridized carbons (Fsp3) is 0.167. The quantitative estimate of drug-likeness (QED) is 0.430. The Bertz CT molecular complexity index is 948. The highest BCUT2D eigenvalue weighted by Crippen LogP contribution is 2.28. The van der Waals surface area contributed by atoms with E-state index in [0.717, 1.165) is 10.9 Å². The van der Waals surface area contributed by atoms with Gasteiger partial charge in [0.25, 0.3) is 5.69 Å². The zero-order valence-corrected chi connectivity index (χ0v) is 13.7. The average molecular weight is 340 g/mol. The number of aromatic amines is 1. The van der Waals surface area contributed by atoms with E-state index in [-0.39, 0.29) is 11.4 Å². The van der Waals surface area contributed by atoms with Gasteiger partial charge in [-0.25, -0.2) is 4.79 Å². The second-order valence-electron chi connectivity index (χ2n) is 5.50. The number of hydrogen-bond donors (Lipinski definition) is 1. The minimum Gasteiger partial charge on any atom is -0.497 e. The van der Waals surface area contributed by atoms with Crippen LogP contribution in [0.2, 0.25) is 0 Å². The molecule has 0 amide bonds. The van der Waals surface area contributed by atoms with E-state index in [1.165, 1.54) is 6.07 Å². The minimum absolute atomic E-state index is 0.0795. The number of fused-ring (bicyclic) bond motifs is 1. The van der Waals surface area contributed by atoms with Crippen LogP contribution in [0, 0.1) is 10.1 Å². The molecule has 3 aromatic rings. The number of nitro groups is 1. The van der Waals surface area contributed by atoms with Crippen LogP contribution in [-0.4, -0.2) is 23.0 Å². The molecule has 128 valence electrons. The summed E-state index contributed by atoms with van der Waals surface area (Å²) >= 11 is 0. The van der Waals surface area contributed by atoms with E-state index < -0.39 is 17.0 Å². The molecular weight excluding hydrogens is 324 g/mol. The summed E-state index contributed by atoms with van der Waals surface area (Å²) in [5.41, 5.74) is 1.28. The third-order valence-electron chi connectivity index (χ3n) is 3.90. The van der Waals surface area contributed by atoms with Crippen molar-refractivity contribution in [1.82, 2.24) is 4.98 Å². The average Bonchev–Trinajstić information content (AvgIpc) is 3.04. The van der Waals surface area contributed by atoms with Gasteiger partial charge in [-0.15, -0.1) is 0 Å². The van der Waals surface area contributed by atoms with Crippen molar-refractivity contribution >= 4 is 22.6 Å². The van der Waals surface area contributed by atoms with E-state index in [1.54, 1.807) is 50.4 Å². The van der Waals surface area contributed by atoms with E-state index in [2.05, 4.69) is 4.98 Å². The lowest BCUT2D eigenvalue weighted by molar-refractivity contribution is -0.386. The van der Waals surface area contributed by atoms with Gasteiger partial charge < -0.3 is 14.5 Å². The molecule has 1 atom stereocenters. The molecule has 0 fully saturated rings. The maximum absolute atomic E-state index is 12.4. The fourth-order valence-electron chi connectivity index (χ4n) is 2.63. The molecular formula is C18H16N2O5. The van der Waals surface area contributed by atoms with E-state index in [0.29, 0.717) is 11.3 Å². The number of aromatic nitrogens is 1. The monoisotopic (exact) mass is 340 g/mol. The molecule has 3 rings (SSSR count). The van der Waals surface area contributed by atoms with Gasteiger partial charge >= 0.3 is 5.97 Å². The Morgan fingerprint density at radius 3 is 2.68 bits per heavy atom. The molecule has 25 heavy (non-hydrogen) atoms. The summed E-state index contributed by atoms with van der Waals surface area (Å²) < 4.78 is 10.5. The van der Waals surface area contributed by atoms with Crippen molar-refractivity contribution in [3.63, 3.8) is 0 Å². The van der Waals surface area contributed by atoms with Gasteiger partial charge in [0.05, 0.1) is 17.6 Å². The topological polar surface area (TPSA) is 94.5 Å². The number of nitrogens with zero attached hydrogens (tertiary/aromatic N) is 1. The Balaban J connectivity index is 1.83. The van der Waals surface area contributed by atoms with Crippen molar-refractivity contribution < 1.29 is 19.2 Å². The number of esters is 1. The summed E-state index contributed by atoms with van der Waals surface area (Å²) in [5.74, 6) is 0.0864. The summed E-state index contributed by atoms with van der Waals surface area (Å²) in [6.07, 6.45) is -0.755. The highest BCUT2D eigenvalue weighted by molar-refractivity contribution is 5.95. The largest absolute Gasteiger partial charge is 0.497 e. The molecule has 7 nitrogen and oxygen atoms in total. The molecule has 1 aromatic heterocycles. The molecule has 1 N–H and O–H groups in total. The van der Waals surface area contributed by atoms with Crippen molar-refractivity contribution in [2.24, 2.45) is 0 Å². The Hall–Kier alpha value is -3.35. The predicted molar refractivity (Wildman–Crippen MR) is 91.8 cm³/mol. The molecule has 1 heterocycles. The lowest BCUT2D eigenvalue weighted by atomic mass is 10.1. The van der Waals surface area contributed by atoms with Crippen LogP contribution >= 0.6 is 0 Å². The van der Waals surface area contributed by atoms with Gasteiger partial charge in [0.2, 0.25) is 0 Å². The summed E-state index contributed by atoms with van der Waals surface area (Å²) in [6, 6.07) is 13.3. The van der Waals surface area contributed by atoms with Gasteiger partial charge in [-0.1, -0.05) is 12.1 Å². The highest BCUT2D eigenvalue weighted by atomic mass is 16.6. The molecule has 0 bridgehead atoms. The molecule has 0 saturated heterocycles. The van der Waals surface area contributed by atoms with Crippen LogP contribution < -0.4 is 4.74 Å². The second-order valence-corrected chi connectivity index (χ2v) is 5.50. The van der Waals surface area contributed by atoms with Gasteiger partial charge in [0.1, 0.15) is 17.5 Å². The summed E-state index contributed by atoms with van der Waals surface area (Å²) in [5, 5.41) is 11.9. The van der Waals surface area contributed by atoms with E-state index >= 15 is 0 Å². The summed E-state index contributed by atoms with van der Waals surface area (Å²) in [4.78, 5) is 26.0. The number of H-pyrrole nitrogens is 1. The molecule has 0 radical (unpaired) electrons. The van der Waals surface area contributed by atoms with Crippen molar-refractivity contribution in [2.75, 3.05) is 7.11 Å². The minimum atomic E-state index is -0.755. The lowest BCUT2D eigenvalue weighted by Gasteiger charge is -2.13. The molecule has 0 spiro atoms. The first-order valence-corrected chi connectivity index (χ1v) is 7.60. The van der Waals surface area contributed by atoms with Gasteiger partial charge in [-0.3, -0.25) is 10.1 Å². The SMILES string of the molecule is COc1ccc2cc(C(=O)OC(C)c3ccccc3[N+](=O)[O-])[nH]c2c1. The second kappa shape index (κ2) is 6.64. The lowest BCUT2D eigenvalue weighted by Crippen LogP contribution is -2.11. The number of hydrogen-bond acceptors (Lipinski definition) is 5. The molecule has 1 unspecified atom stereocenters. The third-order valence-corrected chi connectivity index (χ3v) is 3.90. The Morgan fingerprint density at radius 2 is 1.96 bits per heavy atom. The highest BCUT2D eigenvalue weighted by Gasteiger charge is 2.22. The molecule has 0 aliphatic carbocycles. The van der Waals surface area contributed by atoms with Gasteiger partial charge in [0.15, 0.2) is 0 Å². The molecule has 7 heteroatoms. The zero-order chi connectivity index (χ0) is 18.0. The van der Waals surface area contributed by atoms with E-state index in [9.17, 15) is 14.9 Å². The standard InChI is InChI=1S/C18H16N2O5/c1-11(14-5-3-4-6-17(14)20(22)23)25-18(21)16-9-12-7-8-13(24-2)10-15(12)19-16/h3-11,19H,1-2H3. The van der Waals surface area contributed by atoms with Crippen LogP contribution in [0.1, 0.15) is 29.1 Å². The zero-order valence-electron chi connectivity index (χ0n) is 13.7. The first kappa shape index (κ1) is 16.5.